The van der Waals surface area contributed by atoms with Gasteiger partial charge in [0.15, 0.2) is 12.6 Å². The Morgan fingerprint density at radius 3 is 1.36 bits per heavy atom. The summed E-state index contributed by atoms with van der Waals surface area (Å²) in [5, 5.41) is 87.2. The zero-order chi connectivity index (χ0) is 56.7. The summed E-state index contributed by atoms with van der Waals surface area (Å²) in [5.74, 6) is -0.262. The number of hydrogen-bond acceptors (Lipinski definition) is 13. The van der Waals surface area contributed by atoms with E-state index in [-0.39, 0.29) is 18.9 Å². The molecule has 2 aliphatic rings. The second kappa shape index (κ2) is 49.3. The van der Waals surface area contributed by atoms with Gasteiger partial charge in [-0.1, -0.05) is 242 Å². The van der Waals surface area contributed by atoms with E-state index in [1.807, 2.05) is 6.08 Å². The molecular weight excluding hydrogens is 991 g/mol. The fourth-order valence-electron chi connectivity index (χ4n) is 10.2. The summed E-state index contributed by atoms with van der Waals surface area (Å²) in [4.78, 5) is 13.3. The molecule has 12 unspecified atom stereocenters. The molecule has 14 heteroatoms. The van der Waals surface area contributed by atoms with Gasteiger partial charge in [-0.05, 0) is 57.8 Å². The third kappa shape index (κ3) is 34.2. The van der Waals surface area contributed by atoms with Gasteiger partial charge in [0.1, 0.15) is 48.8 Å². The van der Waals surface area contributed by atoms with Crippen LogP contribution in [0.25, 0.3) is 0 Å². The van der Waals surface area contributed by atoms with E-state index >= 15 is 0 Å². The summed E-state index contributed by atoms with van der Waals surface area (Å²) >= 11 is 0. The Hall–Kier alpha value is -2.31. The predicted octanol–water partition coefficient (Wildman–Crippen LogP) is 11.3. The second-order valence-corrected chi connectivity index (χ2v) is 22.2. The molecule has 0 spiro atoms. The fourth-order valence-corrected chi connectivity index (χ4v) is 10.2. The van der Waals surface area contributed by atoms with Gasteiger partial charge in [-0.3, -0.25) is 4.79 Å². The van der Waals surface area contributed by atoms with Gasteiger partial charge in [-0.2, -0.15) is 0 Å². The fraction of sp³-hybridized carbons (Fsp3) is 0.828. The molecule has 2 heterocycles. The van der Waals surface area contributed by atoms with Gasteiger partial charge in [0.25, 0.3) is 0 Å². The Morgan fingerprint density at radius 2 is 0.885 bits per heavy atom. The number of carbonyl (C=O) groups is 1. The van der Waals surface area contributed by atoms with Crippen molar-refractivity contribution in [2.75, 3.05) is 19.8 Å². The van der Waals surface area contributed by atoms with Gasteiger partial charge in [0, 0.05) is 6.42 Å². The highest BCUT2D eigenvalue weighted by atomic mass is 16.7. The van der Waals surface area contributed by atoms with E-state index in [4.69, 9.17) is 18.9 Å². The summed E-state index contributed by atoms with van der Waals surface area (Å²) in [6.07, 6.45) is 47.0. The lowest BCUT2D eigenvalue weighted by Gasteiger charge is -2.46. The highest BCUT2D eigenvalue weighted by molar-refractivity contribution is 5.76. The minimum Gasteiger partial charge on any atom is -0.394 e. The van der Waals surface area contributed by atoms with Gasteiger partial charge in [0.05, 0.1) is 32.0 Å². The number of aliphatic hydroxyl groups excluding tert-OH is 8. The van der Waals surface area contributed by atoms with Crippen molar-refractivity contribution in [3.8, 4) is 0 Å². The Labute approximate surface area is 473 Å². The van der Waals surface area contributed by atoms with E-state index < -0.39 is 86.8 Å². The maximum absolute atomic E-state index is 13.3. The second-order valence-electron chi connectivity index (χ2n) is 22.2. The van der Waals surface area contributed by atoms with Gasteiger partial charge in [-0.25, -0.2) is 0 Å². The van der Waals surface area contributed by atoms with Crippen LogP contribution in [0.3, 0.4) is 0 Å². The highest BCUT2D eigenvalue weighted by Gasteiger charge is 2.51. The van der Waals surface area contributed by atoms with Crippen LogP contribution in [-0.2, 0) is 23.7 Å². The molecule has 0 saturated carbocycles. The lowest BCUT2D eigenvalue weighted by atomic mass is 9.97. The molecule has 0 aliphatic carbocycles. The quantitative estimate of drug-likeness (QED) is 0.0204. The summed E-state index contributed by atoms with van der Waals surface area (Å²) in [6.45, 7) is 2.68. The van der Waals surface area contributed by atoms with Gasteiger partial charge in [0.2, 0.25) is 5.91 Å². The SMILES string of the molecule is CC/C=C\C/C=C\C/C=C\C/C=C\CCCCCCC(=O)NC(COC1OC(CO)C(OC2OC(CO)C(O)C(O)C2O)C(O)C1O)C(O)/C=C/CCCCCCCCCCCCCCCCCCCCCCCCCCC. The molecule has 14 nitrogen and oxygen atoms in total. The van der Waals surface area contributed by atoms with Crippen molar-refractivity contribution in [1.29, 1.82) is 0 Å². The van der Waals surface area contributed by atoms with Crippen molar-refractivity contribution in [2.45, 2.75) is 319 Å². The molecule has 0 bridgehead atoms. The minimum atomic E-state index is -1.79. The average Bonchev–Trinajstić information content (AvgIpc) is 3.48. The average molecular weight is 1110 g/mol. The number of hydrogen-bond donors (Lipinski definition) is 9. The monoisotopic (exact) mass is 1110 g/mol. The van der Waals surface area contributed by atoms with Crippen LogP contribution < -0.4 is 5.32 Å². The summed E-state index contributed by atoms with van der Waals surface area (Å²) in [6, 6.07) is -0.931. The van der Waals surface area contributed by atoms with Crippen molar-refractivity contribution in [2.24, 2.45) is 0 Å². The number of allylic oxidation sites excluding steroid dienone is 9. The van der Waals surface area contributed by atoms with Crippen molar-refractivity contribution in [3.63, 3.8) is 0 Å². The molecule has 12 atom stereocenters. The first-order valence-electron chi connectivity index (χ1n) is 31.5. The number of nitrogens with one attached hydrogen (secondary N) is 1. The van der Waals surface area contributed by atoms with Crippen LogP contribution in [0, 0.1) is 0 Å². The van der Waals surface area contributed by atoms with Crippen molar-refractivity contribution < 1.29 is 64.6 Å². The molecular formula is C64H115NO13. The van der Waals surface area contributed by atoms with Crippen LogP contribution in [0.2, 0.25) is 0 Å². The van der Waals surface area contributed by atoms with Crippen molar-refractivity contribution in [1.82, 2.24) is 5.32 Å². The number of rotatable bonds is 50. The van der Waals surface area contributed by atoms with Gasteiger partial charge < -0.3 is 65.1 Å². The summed E-state index contributed by atoms with van der Waals surface area (Å²) in [5.41, 5.74) is 0. The Morgan fingerprint density at radius 1 is 0.474 bits per heavy atom. The van der Waals surface area contributed by atoms with E-state index in [0.717, 1.165) is 70.6 Å². The third-order valence-corrected chi connectivity index (χ3v) is 15.2. The Balaban J connectivity index is 1.73. The normalized spacial score (nSPS) is 24.9. The van der Waals surface area contributed by atoms with Crippen LogP contribution in [0.15, 0.2) is 60.8 Å². The summed E-state index contributed by atoms with van der Waals surface area (Å²) in [7, 11) is 0. The highest BCUT2D eigenvalue weighted by Crippen LogP contribution is 2.30. The van der Waals surface area contributed by atoms with Crippen LogP contribution in [-0.4, -0.2) is 140 Å². The lowest BCUT2D eigenvalue weighted by Crippen LogP contribution is -2.65. The molecule has 0 aromatic heterocycles. The number of ether oxygens (including phenoxy) is 4. The smallest absolute Gasteiger partial charge is 0.220 e. The zero-order valence-electron chi connectivity index (χ0n) is 48.9. The standard InChI is InChI=1S/C64H115NO13/c1-3-5-7-9-11-13-15-17-19-21-22-23-24-25-26-27-28-29-30-32-33-35-37-39-41-43-45-47-53(68)52(65-56(69)48-46-44-42-40-38-36-34-31-20-18-16-14-12-10-8-6-4-2)51-75-63-61(74)59(72)62(55(50-67)77-63)78-64-60(73)58(71)57(70)54(49-66)76-64/h6,8,12,14,18,20,34,36,45,47,52-55,57-64,66-68,70-74H,3-5,7,9-11,13,15-17,19,21-33,35,37-44,46,48-51H2,1-2H3,(H,65,69)/b8-6-,14-12-,20-18-,36-34-,47-45+. The first-order valence-corrected chi connectivity index (χ1v) is 31.5. The van der Waals surface area contributed by atoms with E-state index in [9.17, 15) is 45.6 Å². The van der Waals surface area contributed by atoms with Crippen LogP contribution >= 0.6 is 0 Å². The maximum Gasteiger partial charge on any atom is 0.220 e. The zero-order valence-corrected chi connectivity index (χ0v) is 48.9. The van der Waals surface area contributed by atoms with E-state index in [0.29, 0.717) is 6.42 Å². The van der Waals surface area contributed by atoms with Gasteiger partial charge >= 0.3 is 0 Å². The first kappa shape index (κ1) is 71.8. The van der Waals surface area contributed by atoms with Crippen LogP contribution in [0.1, 0.15) is 245 Å². The summed E-state index contributed by atoms with van der Waals surface area (Å²) < 4.78 is 22.8. The molecule has 454 valence electrons. The maximum atomic E-state index is 13.3. The molecule has 2 aliphatic heterocycles. The minimum absolute atomic E-state index is 0.251. The van der Waals surface area contributed by atoms with Crippen LogP contribution in [0.4, 0.5) is 0 Å². The Kier molecular flexibility index (Phi) is 45.4. The number of carbonyl (C=O) groups excluding carboxylic acids is 1. The number of amides is 1. The molecule has 1 amide bonds. The predicted molar refractivity (Wildman–Crippen MR) is 314 cm³/mol. The Bertz CT molecular complexity index is 1540. The van der Waals surface area contributed by atoms with Gasteiger partial charge in [-0.15, -0.1) is 0 Å². The number of aliphatic hydroxyl groups is 8. The molecule has 2 fully saturated rings. The lowest BCUT2D eigenvalue weighted by molar-refractivity contribution is -0.359. The van der Waals surface area contributed by atoms with E-state index in [1.54, 1.807) is 6.08 Å². The van der Waals surface area contributed by atoms with E-state index in [2.05, 4.69) is 67.8 Å². The molecule has 2 rings (SSSR count). The van der Waals surface area contributed by atoms with Crippen molar-refractivity contribution in [3.05, 3.63) is 60.8 Å². The van der Waals surface area contributed by atoms with Crippen molar-refractivity contribution >= 4 is 5.91 Å². The molecule has 0 aromatic rings. The largest absolute Gasteiger partial charge is 0.394 e. The topological polar surface area (TPSA) is 228 Å². The molecule has 78 heavy (non-hydrogen) atoms. The first-order chi connectivity index (χ1) is 38.1. The molecule has 0 radical (unpaired) electrons. The molecule has 2 saturated heterocycles. The van der Waals surface area contributed by atoms with Crippen LogP contribution in [0.5, 0.6) is 0 Å². The number of unbranched alkanes of at least 4 members (excludes halogenated alkanes) is 29. The molecule has 9 N–H and O–H groups in total. The van der Waals surface area contributed by atoms with E-state index in [1.165, 1.54) is 148 Å². The third-order valence-electron chi connectivity index (χ3n) is 15.2. The molecule has 0 aromatic carbocycles.